The number of ether oxygens (including phenoxy) is 3. The minimum Gasteiger partial charge on any atom is -0.485 e. The van der Waals surface area contributed by atoms with E-state index in [-0.39, 0.29) is 41.6 Å². The highest BCUT2D eigenvalue weighted by Crippen LogP contribution is 2.47. The second-order valence-corrected chi connectivity index (χ2v) is 14.5. The van der Waals surface area contributed by atoms with Crippen molar-refractivity contribution in [2.45, 2.75) is 59.0 Å². The Balaban J connectivity index is 1.14. The number of nitro benzene ring substituents is 1. The molecule has 0 bridgehead atoms. The molecule has 4 atom stereocenters. The second-order valence-electron chi connectivity index (χ2n) is 14.5. The van der Waals surface area contributed by atoms with Gasteiger partial charge in [0.15, 0.2) is 17.3 Å². The van der Waals surface area contributed by atoms with Crippen molar-refractivity contribution in [2.24, 2.45) is 11.8 Å². The third-order valence-corrected chi connectivity index (χ3v) is 10.5. The number of hydrogen-bond donors (Lipinski definition) is 1. The van der Waals surface area contributed by atoms with E-state index in [1.807, 2.05) is 86.5 Å². The van der Waals surface area contributed by atoms with E-state index < -0.39 is 40.8 Å². The molecule has 0 spiro atoms. The zero-order valence-electron chi connectivity index (χ0n) is 32.3. The molecular formula is C44H45N3O10. The van der Waals surface area contributed by atoms with E-state index in [2.05, 4.69) is 0 Å². The molecule has 296 valence electrons. The van der Waals surface area contributed by atoms with E-state index in [0.29, 0.717) is 54.4 Å². The molecule has 0 aromatic heterocycles. The predicted octanol–water partition coefficient (Wildman–Crippen LogP) is 6.45. The molecule has 13 nitrogen and oxygen atoms in total. The number of aliphatic hydroxyl groups is 1. The summed E-state index contributed by atoms with van der Waals surface area (Å²) in [6.07, 6.45) is -0.262. The van der Waals surface area contributed by atoms with Gasteiger partial charge in [0.25, 0.3) is 5.69 Å². The second kappa shape index (κ2) is 17.7. The van der Waals surface area contributed by atoms with Crippen LogP contribution in [0.4, 0.5) is 5.69 Å². The number of aliphatic hydroxyl groups excluding tert-OH is 1. The number of Topliss-reactive ketones (excluding diaryl/α,β-unsaturated/α-hetero) is 1. The lowest BCUT2D eigenvalue weighted by Gasteiger charge is -2.46. The summed E-state index contributed by atoms with van der Waals surface area (Å²) in [5.74, 6) is -2.61. The first-order chi connectivity index (χ1) is 27.3. The molecule has 1 fully saturated rings. The van der Waals surface area contributed by atoms with Crippen LogP contribution in [0.15, 0.2) is 108 Å². The Labute approximate surface area is 330 Å². The number of nitrogens with zero attached hydrogens (tertiary/aromatic N) is 3. The van der Waals surface area contributed by atoms with Gasteiger partial charge in [0.2, 0.25) is 5.91 Å². The third kappa shape index (κ3) is 8.95. The largest absolute Gasteiger partial charge is 0.485 e. The van der Waals surface area contributed by atoms with E-state index in [4.69, 9.17) is 14.2 Å². The molecule has 0 unspecified atom stereocenters. The zero-order chi connectivity index (χ0) is 40.8. The van der Waals surface area contributed by atoms with E-state index in [1.54, 1.807) is 12.1 Å². The number of nitro groups is 1. The van der Waals surface area contributed by atoms with Gasteiger partial charge in [-0.05, 0) is 74.8 Å². The monoisotopic (exact) mass is 775 g/mol. The van der Waals surface area contributed by atoms with Crippen LogP contribution in [-0.2, 0) is 27.5 Å². The Morgan fingerprint density at radius 3 is 2.11 bits per heavy atom. The van der Waals surface area contributed by atoms with Crippen LogP contribution in [0, 0.1) is 28.9 Å². The quantitative estimate of drug-likeness (QED) is 0.0313. The Hall–Kier alpha value is -6.18. The molecule has 0 radical (unpaired) electrons. The van der Waals surface area contributed by atoms with Crippen molar-refractivity contribution in [3.05, 3.63) is 146 Å². The number of ketones is 1. The first-order valence-corrected chi connectivity index (χ1v) is 18.8. The standard InChI is InChI=1S/C44H45N3O10/c1-27-35(40(46-39(27)38(29(3)48)42(46)50)44(52)57-43(51)32-17-19-33(20-18-32)47(53)54)24-45(4)23-11-16-36(49)34-21-22-37(55-25-30-12-7-5-8-13-30)41(28(34)2)56-26-31-14-9-6-10-15-31/h5-10,12-15,17-22,27,29,38-39,48H,11,16,23-26H2,1-4H3/t27-,29+,38+,39+/m0/s1. The lowest BCUT2D eigenvalue weighted by atomic mass is 9.77. The Morgan fingerprint density at radius 1 is 0.895 bits per heavy atom. The van der Waals surface area contributed by atoms with Gasteiger partial charge < -0.3 is 29.1 Å². The van der Waals surface area contributed by atoms with Crippen LogP contribution in [0.2, 0.25) is 0 Å². The van der Waals surface area contributed by atoms with Gasteiger partial charge in [-0.2, -0.15) is 0 Å². The number of β-lactam (4-membered cyclic amide) rings is 1. The number of amides is 1. The topological polar surface area (TPSA) is 166 Å². The number of likely N-dealkylation sites (N-methyl/N-ethyl adjacent to an activating group) is 1. The van der Waals surface area contributed by atoms with Crippen LogP contribution in [0.25, 0.3) is 0 Å². The van der Waals surface area contributed by atoms with Crippen LogP contribution < -0.4 is 9.47 Å². The van der Waals surface area contributed by atoms with Crippen molar-refractivity contribution in [3.63, 3.8) is 0 Å². The first kappa shape index (κ1) is 40.5. The minimum atomic E-state index is -1.03. The van der Waals surface area contributed by atoms with Crippen LogP contribution in [-0.4, -0.2) is 75.7 Å². The maximum absolute atomic E-state index is 13.7. The SMILES string of the molecule is Cc1c(C(=O)CCCN(C)CC2=C(C(=O)OC(=O)c3ccc([N+](=O)[O-])cc3)N3C(=O)[C@H]([C@@H](C)O)[C@H]3[C@H]2C)ccc(OCc2ccccc2)c1OCc1ccccc1. The van der Waals surface area contributed by atoms with Crippen molar-refractivity contribution in [1.82, 2.24) is 9.80 Å². The van der Waals surface area contributed by atoms with Gasteiger partial charge >= 0.3 is 11.9 Å². The van der Waals surface area contributed by atoms with Gasteiger partial charge in [-0.15, -0.1) is 0 Å². The molecule has 0 aliphatic carbocycles. The average molecular weight is 776 g/mol. The smallest absolute Gasteiger partial charge is 0.362 e. The van der Waals surface area contributed by atoms with Crippen molar-refractivity contribution in [2.75, 3.05) is 20.1 Å². The number of hydrogen-bond acceptors (Lipinski definition) is 11. The van der Waals surface area contributed by atoms with Crippen LogP contribution in [0.1, 0.15) is 64.1 Å². The molecule has 6 rings (SSSR count). The van der Waals surface area contributed by atoms with Crippen molar-refractivity contribution in [3.8, 4) is 11.5 Å². The number of non-ortho nitro benzene ring substituents is 1. The summed E-state index contributed by atoms with van der Waals surface area (Å²) >= 11 is 0. The van der Waals surface area contributed by atoms with E-state index in [9.17, 15) is 34.4 Å². The highest BCUT2D eigenvalue weighted by molar-refractivity contribution is 6.06. The maximum atomic E-state index is 13.7. The first-order valence-electron chi connectivity index (χ1n) is 18.8. The van der Waals surface area contributed by atoms with Crippen LogP contribution in [0.5, 0.6) is 11.5 Å². The molecule has 13 heteroatoms. The molecule has 4 aromatic rings. The number of carbonyl (C=O) groups is 4. The number of rotatable bonds is 17. The van der Waals surface area contributed by atoms with Gasteiger partial charge in [-0.1, -0.05) is 67.6 Å². The summed E-state index contributed by atoms with van der Waals surface area (Å²) in [6, 6.07) is 27.2. The lowest BCUT2D eigenvalue weighted by molar-refractivity contribution is -0.384. The van der Waals surface area contributed by atoms with Gasteiger partial charge in [0.05, 0.1) is 28.6 Å². The van der Waals surface area contributed by atoms with E-state index in [1.165, 1.54) is 24.0 Å². The lowest BCUT2D eigenvalue weighted by Crippen LogP contribution is -2.63. The van der Waals surface area contributed by atoms with E-state index in [0.717, 1.165) is 23.3 Å². The molecule has 0 saturated carbocycles. The van der Waals surface area contributed by atoms with Crippen LogP contribution >= 0.6 is 0 Å². The fourth-order valence-corrected chi connectivity index (χ4v) is 7.49. The molecular weight excluding hydrogens is 730 g/mol. The van der Waals surface area contributed by atoms with Gasteiger partial charge in [0, 0.05) is 42.1 Å². The molecule has 57 heavy (non-hydrogen) atoms. The normalized spacial score (nSPS) is 17.8. The molecule has 4 aromatic carbocycles. The minimum absolute atomic E-state index is 0.0548. The highest BCUT2D eigenvalue weighted by atomic mass is 16.6. The summed E-state index contributed by atoms with van der Waals surface area (Å²) in [4.78, 5) is 67.0. The third-order valence-electron chi connectivity index (χ3n) is 10.5. The van der Waals surface area contributed by atoms with Gasteiger partial charge in [-0.3, -0.25) is 19.7 Å². The fraction of sp³-hybridized carbons (Fsp3) is 0.318. The molecule has 1 N–H and O–H groups in total. The molecule has 2 heterocycles. The van der Waals surface area contributed by atoms with Crippen molar-refractivity contribution < 1.29 is 43.4 Å². The number of fused-ring (bicyclic) bond motifs is 1. The van der Waals surface area contributed by atoms with Gasteiger partial charge in [0.1, 0.15) is 18.9 Å². The van der Waals surface area contributed by atoms with E-state index >= 15 is 0 Å². The van der Waals surface area contributed by atoms with Crippen molar-refractivity contribution in [1.29, 1.82) is 0 Å². The Morgan fingerprint density at radius 2 is 1.51 bits per heavy atom. The highest BCUT2D eigenvalue weighted by Gasteiger charge is 2.60. The number of benzene rings is 4. The zero-order valence-corrected chi connectivity index (χ0v) is 32.3. The maximum Gasteiger partial charge on any atom is 0.362 e. The van der Waals surface area contributed by atoms with Crippen LogP contribution in [0.3, 0.4) is 0 Å². The Bertz CT molecular complexity index is 2170. The fourth-order valence-electron chi connectivity index (χ4n) is 7.49. The molecule has 1 amide bonds. The summed E-state index contributed by atoms with van der Waals surface area (Å²) in [5, 5.41) is 21.4. The molecule has 2 aliphatic rings. The number of carbonyl (C=O) groups excluding carboxylic acids is 4. The van der Waals surface area contributed by atoms with Gasteiger partial charge in [-0.25, -0.2) is 9.59 Å². The summed E-state index contributed by atoms with van der Waals surface area (Å²) in [7, 11) is 1.83. The number of esters is 2. The summed E-state index contributed by atoms with van der Waals surface area (Å²) in [5.41, 5.74) is 3.37. The predicted molar refractivity (Wildman–Crippen MR) is 209 cm³/mol. The summed E-state index contributed by atoms with van der Waals surface area (Å²) < 4.78 is 17.7. The van der Waals surface area contributed by atoms with Crippen molar-refractivity contribution >= 4 is 29.3 Å². The molecule has 2 aliphatic heterocycles. The molecule has 1 saturated heterocycles. The average Bonchev–Trinajstić information content (AvgIpc) is 3.43. The summed E-state index contributed by atoms with van der Waals surface area (Å²) in [6.45, 7) is 6.54. The Kier molecular flexibility index (Phi) is 12.6.